The highest BCUT2D eigenvalue weighted by atomic mass is 32.1. The van der Waals surface area contributed by atoms with Crippen molar-refractivity contribution in [3.05, 3.63) is 0 Å². The second-order valence-corrected chi connectivity index (χ2v) is 1.68. The zero-order valence-corrected chi connectivity index (χ0v) is 5.61. The smallest absolute Gasteiger partial charge is 0.0752 e. The number of aliphatic hydroxyl groups excluding tert-OH is 1. The van der Waals surface area contributed by atoms with Gasteiger partial charge in [0.25, 0.3) is 0 Å². The molecule has 0 rings (SSSR count). The number of aliphatic imine (C=N–C) groups is 1. The Kier molecular flexibility index (Phi) is 4.76. The molecule has 0 aromatic carbocycles. The summed E-state index contributed by atoms with van der Waals surface area (Å²) >= 11 is 4.29. The highest BCUT2D eigenvalue weighted by molar-refractivity contribution is 7.78. The number of aliphatic hydroxyl groups is 1. The molecule has 0 aromatic heterocycles. The van der Waals surface area contributed by atoms with Crippen LogP contribution < -0.4 is 0 Å². The molecule has 0 radical (unpaired) electrons. The Hall–Kier alpha value is -0.240. The van der Waals surface area contributed by atoms with Crippen molar-refractivity contribution >= 4 is 17.4 Å². The van der Waals surface area contributed by atoms with Gasteiger partial charge in [0, 0.05) is 0 Å². The molecule has 0 spiro atoms. The lowest BCUT2D eigenvalue weighted by molar-refractivity contribution is 0.179. The third kappa shape index (κ3) is 3.93. The van der Waals surface area contributed by atoms with Crippen molar-refractivity contribution in [1.29, 1.82) is 0 Å². The molecule has 0 saturated heterocycles. The highest BCUT2D eigenvalue weighted by Gasteiger charge is 1.94. The molecule has 1 N–H and O–H groups in total. The lowest BCUT2D eigenvalue weighted by Crippen LogP contribution is -2.07. The van der Waals surface area contributed by atoms with E-state index in [0.29, 0.717) is 6.54 Å². The number of isothiocyanates is 1. The first-order valence-corrected chi connectivity index (χ1v) is 2.93. The summed E-state index contributed by atoms with van der Waals surface area (Å²) in [5.74, 6) is 0. The van der Waals surface area contributed by atoms with E-state index in [1.54, 1.807) is 0 Å². The lowest BCUT2D eigenvalue weighted by atomic mass is 10.3. The molecule has 0 aliphatic heterocycles. The summed E-state index contributed by atoms with van der Waals surface area (Å²) in [6.45, 7) is 2.28. The molecule has 0 aliphatic rings. The van der Waals surface area contributed by atoms with E-state index >= 15 is 0 Å². The van der Waals surface area contributed by atoms with E-state index in [0.717, 1.165) is 6.42 Å². The Morgan fingerprint density at radius 2 is 2.50 bits per heavy atom. The van der Waals surface area contributed by atoms with Crippen molar-refractivity contribution in [2.24, 2.45) is 4.99 Å². The summed E-state index contributed by atoms with van der Waals surface area (Å²) in [4.78, 5) is 3.56. The van der Waals surface area contributed by atoms with Gasteiger partial charge in [-0.2, -0.15) is 0 Å². The normalized spacial score (nSPS) is 12.2. The molecule has 8 heavy (non-hydrogen) atoms. The number of rotatable bonds is 3. The average molecular weight is 131 g/mol. The van der Waals surface area contributed by atoms with Gasteiger partial charge in [-0.1, -0.05) is 6.92 Å². The average Bonchev–Trinajstić information content (AvgIpc) is 1.83. The minimum Gasteiger partial charge on any atom is -0.391 e. The van der Waals surface area contributed by atoms with E-state index in [1.165, 1.54) is 0 Å². The predicted molar refractivity (Wildman–Crippen MR) is 36.2 cm³/mol. The Bertz CT molecular complexity index is 98.6. The molecule has 0 amide bonds. The molecule has 3 heteroatoms. The van der Waals surface area contributed by atoms with Crippen LogP contribution in [-0.4, -0.2) is 22.9 Å². The number of hydrogen-bond donors (Lipinski definition) is 1. The van der Waals surface area contributed by atoms with Gasteiger partial charge >= 0.3 is 0 Å². The first-order valence-electron chi connectivity index (χ1n) is 2.53. The zero-order chi connectivity index (χ0) is 6.41. The highest BCUT2D eigenvalue weighted by Crippen LogP contribution is 1.87. The van der Waals surface area contributed by atoms with Gasteiger partial charge in [0.2, 0.25) is 0 Å². The molecule has 0 saturated carbocycles. The van der Waals surface area contributed by atoms with Crippen LogP contribution >= 0.6 is 12.2 Å². The molecule has 2 nitrogen and oxygen atoms in total. The molecular formula is C5H9NOS. The van der Waals surface area contributed by atoms with Gasteiger partial charge in [0.05, 0.1) is 17.8 Å². The SMILES string of the molecule is CCC(O)CN=C=S. The van der Waals surface area contributed by atoms with Gasteiger partial charge in [0.15, 0.2) is 0 Å². The van der Waals surface area contributed by atoms with E-state index < -0.39 is 0 Å². The summed E-state index contributed by atoms with van der Waals surface area (Å²) < 4.78 is 0. The quantitative estimate of drug-likeness (QED) is 0.455. The fourth-order valence-electron chi connectivity index (χ4n) is 0.272. The fraction of sp³-hybridized carbons (Fsp3) is 0.800. The Balaban J connectivity index is 3.23. The van der Waals surface area contributed by atoms with Crippen molar-refractivity contribution in [2.75, 3.05) is 6.54 Å². The third-order valence-electron chi connectivity index (χ3n) is 0.838. The summed E-state index contributed by atoms with van der Waals surface area (Å²) in [6.07, 6.45) is 0.381. The number of thiocarbonyl (C=S) groups is 1. The van der Waals surface area contributed by atoms with Crippen LogP contribution in [0.1, 0.15) is 13.3 Å². The largest absolute Gasteiger partial charge is 0.391 e. The molecule has 0 bridgehead atoms. The summed E-state index contributed by atoms with van der Waals surface area (Å²) in [6, 6.07) is 0. The minimum atomic E-state index is -0.342. The maximum absolute atomic E-state index is 8.81. The van der Waals surface area contributed by atoms with Crippen LogP contribution in [0.25, 0.3) is 0 Å². The number of hydrogen-bond acceptors (Lipinski definition) is 3. The van der Waals surface area contributed by atoms with Crippen LogP contribution in [0.15, 0.2) is 4.99 Å². The summed E-state index contributed by atoms with van der Waals surface area (Å²) in [5.41, 5.74) is 0. The molecule has 0 aromatic rings. The second-order valence-electron chi connectivity index (χ2n) is 1.49. The first kappa shape index (κ1) is 7.76. The van der Waals surface area contributed by atoms with Gasteiger partial charge < -0.3 is 5.11 Å². The standard InChI is InChI=1S/C5H9NOS/c1-2-5(7)3-6-4-8/h5,7H,2-3H2,1H3. The first-order chi connectivity index (χ1) is 3.81. The maximum Gasteiger partial charge on any atom is 0.0752 e. The van der Waals surface area contributed by atoms with Crippen LogP contribution in [0.3, 0.4) is 0 Å². The summed E-state index contributed by atoms with van der Waals surface area (Å²) in [7, 11) is 0. The van der Waals surface area contributed by atoms with E-state index in [1.807, 2.05) is 6.92 Å². The fourth-order valence-corrected chi connectivity index (χ4v) is 0.346. The van der Waals surface area contributed by atoms with Gasteiger partial charge in [0.1, 0.15) is 0 Å². The van der Waals surface area contributed by atoms with Crippen LogP contribution in [0.2, 0.25) is 0 Å². The van der Waals surface area contributed by atoms with E-state index in [9.17, 15) is 0 Å². The van der Waals surface area contributed by atoms with E-state index in [-0.39, 0.29) is 6.10 Å². The minimum absolute atomic E-state index is 0.342. The van der Waals surface area contributed by atoms with Gasteiger partial charge in [-0.3, -0.25) is 0 Å². The topological polar surface area (TPSA) is 32.6 Å². The molecule has 1 unspecified atom stereocenters. The zero-order valence-electron chi connectivity index (χ0n) is 4.79. The van der Waals surface area contributed by atoms with Gasteiger partial charge in [-0.25, -0.2) is 4.99 Å². The lowest BCUT2D eigenvalue weighted by Gasteiger charge is -1.98. The maximum atomic E-state index is 8.81. The molecule has 46 valence electrons. The van der Waals surface area contributed by atoms with Gasteiger partial charge in [-0.05, 0) is 18.6 Å². The van der Waals surface area contributed by atoms with Crippen molar-refractivity contribution < 1.29 is 5.11 Å². The number of nitrogens with zero attached hydrogens (tertiary/aromatic N) is 1. The second kappa shape index (κ2) is 4.91. The summed E-state index contributed by atoms with van der Waals surface area (Å²) in [5, 5.41) is 11.0. The van der Waals surface area contributed by atoms with Crippen LogP contribution in [-0.2, 0) is 0 Å². The monoisotopic (exact) mass is 131 g/mol. The van der Waals surface area contributed by atoms with Crippen molar-refractivity contribution in [3.8, 4) is 0 Å². The predicted octanol–water partition coefficient (Wildman–Crippen LogP) is 0.860. The van der Waals surface area contributed by atoms with Crippen LogP contribution in [0, 0.1) is 0 Å². The third-order valence-corrected chi connectivity index (χ3v) is 0.967. The molecule has 0 aliphatic carbocycles. The Morgan fingerprint density at radius 3 is 2.88 bits per heavy atom. The molecule has 0 fully saturated rings. The molecule has 1 atom stereocenters. The van der Waals surface area contributed by atoms with Gasteiger partial charge in [-0.15, -0.1) is 0 Å². The molecular weight excluding hydrogens is 122 g/mol. The molecule has 0 heterocycles. The van der Waals surface area contributed by atoms with Crippen molar-refractivity contribution in [1.82, 2.24) is 0 Å². The van der Waals surface area contributed by atoms with E-state index in [4.69, 9.17) is 5.11 Å². The van der Waals surface area contributed by atoms with Crippen molar-refractivity contribution in [2.45, 2.75) is 19.4 Å². The van der Waals surface area contributed by atoms with Crippen LogP contribution in [0.4, 0.5) is 0 Å². The van der Waals surface area contributed by atoms with Crippen LogP contribution in [0.5, 0.6) is 0 Å². The van der Waals surface area contributed by atoms with E-state index in [2.05, 4.69) is 22.4 Å². The van der Waals surface area contributed by atoms with Crippen molar-refractivity contribution in [3.63, 3.8) is 0 Å². The Morgan fingerprint density at radius 1 is 1.88 bits per heavy atom. The Labute approximate surface area is 54.2 Å².